The van der Waals surface area contributed by atoms with Crippen molar-refractivity contribution in [2.75, 3.05) is 7.05 Å². The number of alkyl halides is 3. The van der Waals surface area contributed by atoms with Crippen molar-refractivity contribution in [2.24, 2.45) is 0 Å². The molecule has 8 heteroatoms. The van der Waals surface area contributed by atoms with Crippen LogP contribution in [-0.4, -0.2) is 22.7 Å². The number of rotatable bonds is 2. The quantitative estimate of drug-likeness (QED) is 0.907. The molecule has 1 N–H and O–H groups in total. The topological polar surface area (TPSA) is 46.9 Å². The monoisotopic (exact) mass is 347 g/mol. The molecular formula is C12H9BrF3N3O. The Bertz CT molecular complexity index is 652. The Morgan fingerprint density at radius 2 is 2.00 bits per heavy atom. The van der Waals surface area contributed by atoms with E-state index in [-0.39, 0.29) is 15.9 Å². The number of amides is 1. The molecule has 0 spiro atoms. The van der Waals surface area contributed by atoms with Gasteiger partial charge in [-0.25, -0.2) is 4.68 Å². The molecule has 0 atom stereocenters. The molecule has 0 bridgehead atoms. The Hall–Kier alpha value is -1.83. The SMILES string of the molecule is CNC(=O)c1cnn(-c2ccccc2C(F)(F)F)c1Br. The molecule has 20 heavy (non-hydrogen) atoms. The van der Waals surface area contributed by atoms with Crippen LogP contribution in [0.2, 0.25) is 0 Å². The Morgan fingerprint density at radius 3 is 2.60 bits per heavy atom. The number of halogens is 4. The highest BCUT2D eigenvalue weighted by Gasteiger charge is 2.34. The van der Waals surface area contributed by atoms with E-state index in [9.17, 15) is 18.0 Å². The molecule has 0 aliphatic carbocycles. The molecule has 1 heterocycles. The highest BCUT2D eigenvalue weighted by Crippen LogP contribution is 2.34. The van der Waals surface area contributed by atoms with Gasteiger partial charge in [-0.2, -0.15) is 18.3 Å². The summed E-state index contributed by atoms with van der Waals surface area (Å²) in [4.78, 5) is 11.5. The first-order valence-electron chi connectivity index (χ1n) is 5.48. The molecule has 1 aromatic heterocycles. The number of nitrogens with zero attached hydrogens (tertiary/aromatic N) is 2. The van der Waals surface area contributed by atoms with Gasteiger partial charge in [0.2, 0.25) is 0 Å². The predicted octanol–water partition coefficient (Wildman–Crippen LogP) is 3.01. The van der Waals surface area contributed by atoms with Crippen molar-refractivity contribution >= 4 is 21.8 Å². The lowest BCUT2D eigenvalue weighted by Crippen LogP contribution is -2.18. The van der Waals surface area contributed by atoms with Gasteiger partial charge in [-0.1, -0.05) is 12.1 Å². The molecule has 2 rings (SSSR count). The van der Waals surface area contributed by atoms with Gasteiger partial charge in [0, 0.05) is 7.05 Å². The number of para-hydroxylation sites is 1. The molecule has 1 aromatic carbocycles. The van der Waals surface area contributed by atoms with Gasteiger partial charge in [0.25, 0.3) is 5.91 Å². The van der Waals surface area contributed by atoms with Crippen molar-refractivity contribution in [1.29, 1.82) is 0 Å². The van der Waals surface area contributed by atoms with Crippen molar-refractivity contribution in [3.63, 3.8) is 0 Å². The number of carbonyl (C=O) groups is 1. The maximum atomic E-state index is 13.0. The van der Waals surface area contributed by atoms with Crippen molar-refractivity contribution in [2.45, 2.75) is 6.18 Å². The molecule has 0 unspecified atom stereocenters. The molecule has 0 aliphatic heterocycles. The van der Waals surface area contributed by atoms with Gasteiger partial charge in [0.15, 0.2) is 0 Å². The first-order chi connectivity index (χ1) is 9.36. The number of carbonyl (C=O) groups excluding carboxylic acids is 1. The van der Waals surface area contributed by atoms with Gasteiger partial charge in [0.05, 0.1) is 23.0 Å². The Kier molecular flexibility index (Phi) is 3.85. The van der Waals surface area contributed by atoms with E-state index in [0.717, 1.165) is 10.7 Å². The molecule has 0 radical (unpaired) electrons. The van der Waals surface area contributed by atoms with Crippen LogP contribution >= 0.6 is 15.9 Å². The summed E-state index contributed by atoms with van der Waals surface area (Å²) in [7, 11) is 1.43. The van der Waals surface area contributed by atoms with Crippen LogP contribution < -0.4 is 5.32 Å². The van der Waals surface area contributed by atoms with Gasteiger partial charge in [-0.15, -0.1) is 0 Å². The van der Waals surface area contributed by atoms with Crippen molar-refractivity contribution in [3.8, 4) is 5.69 Å². The summed E-state index contributed by atoms with van der Waals surface area (Å²) in [5.74, 6) is -0.437. The van der Waals surface area contributed by atoms with Gasteiger partial charge in [-0.3, -0.25) is 4.79 Å². The smallest absolute Gasteiger partial charge is 0.355 e. The predicted molar refractivity (Wildman–Crippen MR) is 69.7 cm³/mol. The average Bonchev–Trinajstić information content (AvgIpc) is 2.78. The van der Waals surface area contributed by atoms with Crippen molar-refractivity contribution in [1.82, 2.24) is 15.1 Å². The molecule has 0 saturated carbocycles. The van der Waals surface area contributed by atoms with Crippen LogP contribution in [0.3, 0.4) is 0 Å². The summed E-state index contributed by atoms with van der Waals surface area (Å²) >= 11 is 3.10. The average molecular weight is 348 g/mol. The summed E-state index contributed by atoms with van der Waals surface area (Å²) in [5.41, 5.74) is -0.821. The zero-order valence-corrected chi connectivity index (χ0v) is 11.8. The fraction of sp³-hybridized carbons (Fsp3) is 0.167. The van der Waals surface area contributed by atoms with Crippen LogP contribution in [0.1, 0.15) is 15.9 Å². The van der Waals surface area contributed by atoms with Crippen molar-refractivity contribution in [3.05, 3.63) is 46.2 Å². The normalized spacial score (nSPS) is 11.4. The second-order valence-electron chi connectivity index (χ2n) is 3.85. The number of aromatic nitrogens is 2. The van der Waals surface area contributed by atoms with E-state index in [0.29, 0.717) is 0 Å². The molecule has 0 saturated heterocycles. The van der Waals surface area contributed by atoms with E-state index >= 15 is 0 Å². The fourth-order valence-corrected chi connectivity index (χ4v) is 2.25. The number of hydrogen-bond acceptors (Lipinski definition) is 2. The van der Waals surface area contributed by atoms with Gasteiger partial charge >= 0.3 is 6.18 Å². The minimum absolute atomic E-state index is 0.151. The Morgan fingerprint density at radius 1 is 1.35 bits per heavy atom. The van der Waals surface area contributed by atoms with Crippen LogP contribution in [0.4, 0.5) is 13.2 Å². The zero-order chi connectivity index (χ0) is 14.9. The molecule has 106 valence electrons. The third kappa shape index (κ3) is 2.55. The minimum Gasteiger partial charge on any atom is -0.355 e. The lowest BCUT2D eigenvalue weighted by Gasteiger charge is -2.13. The molecule has 4 nitrogen and oxygen atoms in total. The number of nitrogens with one attached hydrogen (secondary N) is 1. The second kappa shape index (κ2) is 5.28. The van der Waals surface area contributed by atoms with E-state index in [4.69, 9.17) is 0 Å². The molecule has 1 amide bonds. The molecule has 0 fully saturated rings. The highest BCUT2D eigenvalue weighted by atomic mass is 79.9. The van der Waals surface area contributed by atoms with Crippen LogP contribution in [0.5, 0.6) is 0 Å². The van der Waals surface area contributed by atoms with Crippen LogP contribution in [-0.2, 0) is 6.18 Å². The van der Waals surface area contributed by atoms with E-state index in [1.54, 1.807) is 0 Å². The Balaban J connectivity index is 2.59. The summed E-state index contributed by atoms with van der Waals surface area (Å²) in [6.07, 6.45) is -3.30. The zero-order valence-electron chi connectivity index (χ0n) is 10.2. The molecule has 0 aliphatic rings. The number of benzene rings is 1. The number of hydrogen-bond donors (Lipinski definition) is 1. The molecular weight excluding hydrogens is 339 g/mol. The maximum Gasteiger partial charge on any atom is 0.418 e. The van der Waals surface area contributed by atoms with Gasteiger partial charge in [0.1, 0.15) is 4.60 Å². The van der Waals surface area contributed by atoms with Crippen LogP contribution in [0, 0.1) is 0 Å². The lowest BCUT2D eigenvalue weighted by atomic mass is 10.1. The second-order valence-corrected chi connectivity index (χ2v) is 4.61. The van der Waals surface area contributed by atoms with Crippen LogP contribution in [0.15, 0.2) is 35.1 Å². The van der Waals surface area contributed by atoms with E-state index < -0.39 is 17.6 Å². The summed E-state index contributed by atoms with van der Waals surface area (Å²) in [6, 6.07) is 5.01. The summed E-state index contributed by atoms with van der Waals surface area (Å²) < 4.78 is 40.1. The standard InChI is InChI=1S/C12H9BrF3N3O/c1-17-11(20)7-6-18-19(10(7)13)9-5-3-2-4-8(9)12(14,15)16/h2-6H,1H3,(H,17,20). The van der Waals surface area contributed by atoms with Gasteiger partial charge < -0.3 is 5.32 Å². The van der Waals surface area contributed by atoms with Crippen LogP contribution in [0.25, 0.3) is 5.69 Å². The van der Waals surface area contributed by atoms with Crippen molar-refractivity contribution < 1.29 is 18.0 Å². The van der Waals surface area contributed by atoms with E-state index in [1.807, 2.05) is 0 Å². The third-order valence-electron chi connectivity index (χ3n) is 2.62. The van der Waals surface area contributed by atoms with E-state index in [1.165, 1.54) is 31.4 Å². The van der Waals surface area contributed by atoms with E-state index in [2.05, 4.69) is 26.3 Å². The maximum absolute atomic E-state index is 13.0. The summed E-state index contributed by atoms with van der Waals surface area (Å²) in [5, 5.41) is 6.23. The fourth-order valence-electron chi connectivity index (χ4n) is 1.69. The first kappa shape index (κ1) is 14.6. The molecule has 2 aromatic rings. The third-order valence-corrected chi connectivity index (χ3v) is 3.38. The Labute approximate surface area is 120 Å². The largest absolute Gasteiger partial charge is 0.418 e. The highest BCUT2D eigenvalue weighted by molar-refractivity contribution is 9.10. The summed E-state index contributed by atoms with van der Waals surface area (Å²) in [6.45, 7) is 0. The van der Waals surface area contributed by atoms with Gasteiger partial charge in [-0.05, 0) is 28.1 Å². The lowest BCUT2D eigenvalue weighted by molar-refractivity contribution is -0.137. The first-order valence-corrected chi connectivity index (χ1v) is 6.27. The minimum atomic E-state index is -4.50.